The highest BCUT2D eigenvalue weighted by Gasteiger charge is 2.22. The highest BCUT2D eigenvalue weighted by molar-refractivity contribution is 5.28. The Morgan fingerprint density at radius 2 is 1.69 bits per heavy atom. The van der Waals surface area contributed by atoms with Crippen LogP contribution in [0.15, 0.2) is 24.3 Å². The van der Waals surface area contributed by atoms with Gasteiger partial charge in [-0.25, -0.2) is 0 Å². The van der Waals surface area contributed by atoms with Crippen molar-refractivity contribution in [1.82, 2.24) is 0 Å². The fourth-order valence-corrected chi connectivity index (χ4v) is 2.13. The second-order valence-electron chi connectivity index (χ2n) is 4.83. The van der Waals surface area contributed by atoms with E-state index in [1.165, 1.54) is 50.5 Å². The average Bonchev–Trinajstić information content (AvgIpc) is 3.09. The lowest BCUT2D eigenvalue weighted by molar-refractivity contribution is 0.667. The summed E-state index contributed by atoms with van der Waals surface area (Å²) >= 11 is 0. The maximum absolute atomic E-state index is 2.34. The Kier molecular flexibility index (Phi) is 5.59. The Morgan fingerprint density at radius 1 is 1.00 bits per heavy atom. The Hall–Kier alpha value is -0.780. The summed E-state index contributed by atoms with van der Waals surface area (Å²) in [6.45, 7) is 2.27. The van der Waals surface area contributed by atoms with Crippen LogP contribution in [0.2, 0.25) is 0 Å². The average molecular weight is 218 g/mol. The summed E-state index contributed by atoms with van der Waals surface area (Å²) in [6.07, 6.45) is 9.56. The summed E-state index contributed by atoms with van der Waals surface area (Å²) in [5, 5.41) is 0. The van der Waals surface area contributed by atoms with Crippen molar-refractivity contribution < 1.29 is 0 Å². The third kappa shape index (κ3) is 4.00. The summed E-state index contributed by atoms with van der Waals surface area (Å²) in [5.41, 5.74) is 3.09. The van der Waals surface area contributed by atoms with E-state index >= 15 is 0 Å². The molecule has 0 spiro atoms. The molecule has 90 valence electrons. The fourth-order valence-electron chi connectivity index (χ4n) is 2.13. The smallest absolute Gasteiger partial charge is 0.0162 e. The van der Waals surface area contributed by atoms with Gasteiger partial charge in [0.1, 0.15) is 0 Å². The summed E-state index contributed by atoms with van der Waals surface area (Å²) in [5.74, 6) is 0.902. The molecule has 1 saturated carbocycles. The van der Waals surface area contributed by atoms with E-state index < -0.39 is 0 Å². The third-order valence-corrected chi connectivity index (χ3v) is 3.35. The van der Waals surface area contributed by atoms with Gasteiger partial charge in [-0.1, -0.05) is 57.9 Å². The van der Waals surface area contributed by atoms with E-state index in [0.717, 1.165) is 5.92 Å². The van der Waals surface area contributed by atoms with Crippen molar-refractivity contribution in [3.05, 3.63) is 35.4 Å². The first-order chi connectivity index (χ1) is 7.40. The largest absolute Gasteiger partial charge is 0.0776 e. The molecule has 2 rings (SSSR count). The minimum Gasteiger partial charge on any atom is -0.0776 e. The molecule has 0 heteroatoms. The Labute approximate surface area is 101 Å². The molecule has 0 aliphatic heterocycles. The summed E-state index contributed by atoms with van der Waals surface area (Å²) in [7, 11) is 0. The minimum absolute atomic E-state index is 0. The number of hydrogen-bond acceptors (Lipinski definition) is 0. The molecule has 1 aliphatic carbocycles. The van der Waals surface area contributed by atoms with Crippen molar-refractivity contribution in [1.29, 1.82) is 0 Å². The van der Waals surface area contributed by atoms with E-state index in [1.54, 1.807) is 5.56 Å². The van der Waals surface area contributed by atoms with E-state index in [2.05, 4.69) is 31.2 Å². The zero-order chi connectivity index (χ0) is 10.5. The molecular weight excluding hydrogens is 192 g/mol. The second kappa shape index (κ2) is 6.73. The molecule has 0 aromatic heterocycles. The van der Waals surface area contributed by atoms with Crippen molar-refractivity contribution in [2.45, 2.75) is 65.2 Å². The summed E-state index contributed by atoms with van der Waals surface area (Å²) < 4.78 is 0. The van der Waals surface area contributed by atoms with Crippen molar-refractivity contribution in [3.63, 3.8) is 0 Å². The van der Waals surface area contributed by atoms with E-state index in [4.69, 9.17) is 0 Å². The molecule has 0 saturated heterocycles. The van der Waals surface area contributed by atoms with E-state index in [-0.39, 0.29) is 7.43 Å². The predicted octanol–water partition coefficient (Wildman–Crippen LogP) is 5.32. The lowest BCUT2D eigenvalue weighted by atomic mass is 10.0. The van der Waals surface area contributed by atoms with Crippen molar-refractivity contribution >= 4 is 0 Å². The van der Waals surface area contributed by atoms with Gasteiger partial charge in [-0.3, -0.25) is 0 Å². The van der Waals surface area contributed by atoms with Gasteiger partial charge in [-0.05, 0) is 42.7 Å². The monoisotopic (exact) mass is 218 g/mol. The van der Waals surface area contributed by atoms with Gasteiger partial charge in [0.15, 0.2) is 0 Å². The van der Waals surface area contributed by atoms with E-state index in [9.17, 15) is 0 Å². The molecule has 0 heterocycles. The molecule has 0 N–H and O–H groups in total. The number of hydrogen-bond donors (Lipinski definition) is 0. The lowest BCUT2D eigenvalue weighted by Crippen LogP contribution is -1.87. The molecule has 1 aromatic carbocycles. The first-order valence-electron chi connectivity index (χ1n) is 6.49. The molecule has 0 amide bonds. The third-order valence-electron chi connectivity index (χ3n) is 3.35. The highest BCUT2D eigenvalue weighted by atomic mass is 14.3. The summed E-state index contributed by atoms with van der Waals surface area (Å²) in [4.78, 5) is 0. The molecule has 0 bridgehead atoms. The zero-order valence-corrected chi connectivity index (χ0v) is 9.84. The highest BCUT2D eigenvalue weighted by Crippen LogP contribution is 2.39. The van der Waals surface area contributed by atoms with Crippen LogP contribution in [0, 0.1) is 0 Å². The Balaban J connectivity index is 0.00000128. The van der Waals surface area contributed by atoms with Gasteiger partial charge in [0.2, 0.25) is 0 Å². The molecule has 0 unspecified atom stereocenters. The standard InChI is InChI=1S/C15H22.CH4/c1-2-3-4-5-6-13-7-9-14(10-8-13)15-11-12-15;/h7-10,15H,2-6,11-12H2,1H3;1H4. The number of unbranched alkanes of at least 4 members (excludes halogenated alkanes) is 3. The molecular formula is C16H26. The molecule has 0 nitrogen and oxygen atoms in total. The molecule has 0 radical (unpaired) electrons. The molecule has 1 fully saturated rings. The predicted molar refractivity (Wildman–Crippen MR) is 73.0 cm³/mol. The van der Waals surface area contributed by atoms with Gasteiger partial charge in [0.25, 0.3) is 0 Å². The maximum Gasteiger partial charge on any atom is -0.0162 e. The zero-order valence-electron chi connectivity index (χ0n) is 9.84. The summed E-state index contributed by atoms with van der Waals surface area (Å²) in [6, 6.07) is 9.35. The SMILES string of the molecule is C.CCCCCCc1ccc(C2CC2)cc1. The van der Waals surface area contributed by atoms with Crippen LogP contribution in [-0.4, -0.2) is 0 Å². The second-order valence-corrected chi connectivity index (χ2v) is 4.83. The first kappa shape index (κ1) is 13.3. The van der Waals surface area contributed by atoms with Crippen LogP contribution in [0.1, 0.15) is 69.9 Å². The van der Waals surface area contributed by atoms with Gasteiger partial charge >= 0.3 is 0 Å². The molecule has 0 atom stereocenters. The number of rotatable bonds is 6. The lowest BCUT2D eigenvalue weighted by Gasteiger charge is -2.03. The van der Waals surface area contributed by atoms with Crippen molar-refractivity contribution in [3.8, 4) is 0 Å². The van der Waals surface area contributed by atoms with Crippen molar-refractivity contribution in [2.24, 2.45) is 0 Å². The minimum atomic E-state index is 0. The topological polar surface area (TPSA) is 0 Å². The van der Waals surface area contributed by atoms with Crippen molar-refractivity contribution in [2.75, 3.05) is 0 Å². The van der Waals surface area contributed by atoms with Crippen LogP contribution in [-0.2, 0) is 6.42 Å². The van der Waals surface area contributed by atoms with Gasteiger partial charge < -0.3 is 0 Å². The normalized spacial score (nSPS) is 14.6. The Bertz CT molecular complexity index is 279. The first-order valence-corrected chi connectivity index (χ1v) is 6.49. The fraction of sp³-hybridized carbons (Fsp3) is 0.625. The van der Waals surface area contributed by atoms with Crippen LogP contribution in [0.3, 0.4) is 0 Å². The molecule has 1 aromatic rings. The van der Waals surface area contributed by atoms with Crippen LogP contribution in [0.25, 0.3) is 0 Å². The molecule has 16 heavy (non-hydrogen) atoms. The van der Waals surface area contributed by atoms with E-state index in [1.807, 2.05) is 0 Å². The quantitative estimate of drug-likeness (QED) is 0.567. The maximum atomic E-state index is 2.34. The number of benzene rings is 1. The van der Waals surface area contributed by atoms with E-state index in [0.29, 0.717) is 0 Å². The van der Waals surface area contributed by atoms with Crippen LogP contribution in [0.5, 0.6) is 0 Å². The van der Waals surface area contributed by atoms with Gasteiger partial charge in [-0.2, -0.15) is 0 Å². The van der Waals surface area contributed by atoms with Gasteiger partial charge in [0.05, 0.1) is 0 Å². The Morgan fingerprint density at radius 3 is 2.25 bits per heavy atom. The van der Waals surface area contributed by atoms with Gasteiger partial charge in [-0.15, -0.1) is 0 Å². The van der Waals surface area contributed by atoms with Crippen LogP contribution < -0.4 is 0 Å². The molecule has 1 aliphatic rings. The van der Waals surface area contributed by atoms with Gasteiger partial charge in [0, 0.05) is 0 Å². The number of aryl methyl sites for hydroxylation is 1. The van der Waals surface area contributed by atoms with Crippen LogP contribution in [0.4, 0.5) is 0 Å². The van der Waals surface area contributed by atoms with Crippen LogP contribution >= 0.6 is 0 Å².